The summed E-state index contributed by atoms with van der Waals surface area (Å²) in [4.78, 5) is 10.5. The molecule has 0 aliphatic rings. The summed E-state index contributed by atoms with van der Waals surface area (Å²) in [5.41, 5.74) is 0.558. The van der Waals surface area contributed by atoms with Crippen molar-refractivity contribution in [3.8, 4) is 17.1 Å². The lowest BCUT2D eigenvalue weighted by Crippen LogP contribution is -2.18. The molecule has 1 aromatic carbocycles. The molecule has 0 radical (unpaired) electrons. The molecule has 2 rings (SSSR count). The van der Waals surface area contributed by atoms with Gasteiger partial charge in [-0.05, 0) is 36.8 Å². The van der Waals surface area contributed by atoms with Crippen molar-refractivity contribution >= 4 is 6.29 Å². The van der Waals surface area contributed by atoms with Crippen molar-refractivity contribution < 1.29 is 31.5 Å². The van der Waals surface area contributed by atoms with Crippen LogP contribution in [0, 0.1) is 12.7 Å². The molecule has 0 amide bonds. The van der Waals surface area contributed by atoms with Crippen LogP contribution in [0.3, 0.4) is 0 Å². The van der Waals surface area contributed by atoms with E-state index in [1.165, 1.54) is 19.1 Å². The molecule has 0 fully saturated rings. The first-order valence-electron chi connectivity index (χ1n) is 5.41. The lowest BCUT2D eigenvalue weighted by molar-refractivity contribution is -0.275. The Kier molecular flexibility index (Phi) is 3.52. The second-order valence-electron chi connectivity index (χ2n) is 3.97. The van der Waals surface area contributed by atoms with E-state index in [4.69, 9.17) is 4.42 Å². The lowest BCUT2D eigenvalue weighted by atomic mass is 10.1. The summed E-state index contributed by atoms with van der Waals surface area (Å²) in [7, 11) is 0. The topological polar surface area (TPSA) is 39.4 Å². The van der Waals surface area contributed by atoms with Crippen molar-refractivity contribution in [1.82, 2.24) is 0 Å². The first-order chi connectivity index (χ1) is 9.30. The first-order valence-corrected chi connectivity index (χ1v) is 5.41. The van der Waals surface area contributed by atoms with Gasteiger partial charge in [0, 0.05) is 5.56 Å². The van der Waals surface area contributed by atoms with E-state index in [2.05, 4.69) is 4.74 Å². The van der Waals surface area contributed by atoms with Crippen LogP contribution in [0.25, 0.3) is 11.3 Å². The Balaban J connectivity index is 2.42. The molecule has 0 unspecified atom stereocenters. The Labute approximate surface area is 110 Å². The normalized spacial score (nSPS) is 11.4. The summed E-state index contributed by atoms with van der Waals surface area (Å²) in [5, 5.41) is 0. The van der Waals surface area contributed by atoms with E-state index >= 15 is 0 Å². The molecule has 3 nitrogen and oxygen atoms in total. The summed E-state index contributed by atoms with van der Waals surface area (Å²) in [5.74, 6) is -1.87. The maximum Gasteiger partial charge on any atom is 0.573 e. The number of aryl methyl sites for hydroxylation is 1. The van der Waals surface area contributed by atoms with E-state index in [1.54, 1.807) is 0 Å². The van der Waals surface area contributed by atoms with Crippen LogP contribution in [0.5, 0.6) is 5.75 Å². The number of benzene rings is 1. The molecule has 7 heteroatoms. The van der Waals surface area contributed by atoms with Crippen LogP contribution in [0.15, 0.2) is 28.7 Å². The molecule has 2 aromatic rings. The van der Waals surface area contributed by atoms with Crippen molar-refractivity contribution in [3.63, 3.8) is 0 Å². The molecule has 0 saturated heterocycles. The van der Waals surface area contributed by atoms with Gasteiger partial charge < -0.3 is 9.15 Å². The molecule has 0 aliphatic carbocycles. The Hall–Kier alpha value is -2.31. The fourth-order valence-corrected chi connectivity index (χ4v) is 1.68. The highest BCUT2D eigenvalue weighted by Gasteiger charge is 2.32. The van der Waals surface area contributed by atoms with Gasteiger partial charge in [-0.3, -0.25) is 4.79 Å². The van der Waals surface area contributed by atoms with Crippen LogP contribution in [-0.4, -0.2) is 12.6 Å². The van der Waals surface area contributed by atoms with Gasteiger partial charge in [0.1, 0.15) is 5.76 Å². The number of furan rings is 1. The molecule has 0 spiro atoms. The first kappa shape index (κ1) is 14.1. The Morgan fingerprint density at radius 1 is 1.25 bits per heavy atom. The number of rotatable bonds is 3. The number of hydrogen-bond donors (Lipinski definition) is 0. The standard InChI is InChI=1S/C13H8F4O3/c1-7-4-12(20-13(15,16)17)10(14)5-9(7)11-3-2-8(6-18)19-11/h2-6H,1H3. The molecule has 0 atom stereocenters. The van der Waals surface area contributed by atoms with Gasteiger partial charge in [0.05, 0.1) is 0 Å². The van der Waals surface area contributed by atoms with Gasteiger partial charge in [-0.15, -0.1) is 13.2 Å². The quantitative estimate of drug-likeness (QED) is 0.630. The molecule has 0 N–H and O–H groups in total. The maximum atomic E-state index is 13.6. The van der Waals surface area contributed by atoms with Crippen LogP contribution < -0.4 is 4.74 Å². The number of carbonyl (C=O) groups is 1. The zero-order chi connectivity index (χ0) is 14.9. The van der Waals surface area contributed by atoms with E-state index in [0.717, 1.165) is 12.1 Å². The second-order valence-corrected chi connectivity index (χ2v) is 3.97. The lowest BCUT2D eigenvalue weighted by Gasteiger charge is -2.12. The summed E-state index contributed by atoms with van der Waals surface area (Å²) in [6, 6.07) is 4.58. The highest BCUT2D eigenvalue weighted by molar-refractivity contribution is 5.73. The summed E-state index contributed by atoms with van der Waals surface area (Å²) in [6.45, 7) is 1.47. The van der Waals surface area contributed by atoms with Crippen molar-refractivity contribution in [2.24, 2.45) is 0 Å². The summed E-state index contributed by atoms with van der Waals surface area (Å²) < 4.78 is 58.5. The summed E-state index contributed by atoms with van der Waals surface area (Å²) >= 11 is 0. The van der Waals surface area contributed by atoms with Crippen molar-refractivity contribution in [2.75, 3.05) is 0 Å². The van der Waals surface area contributed by atoms with Gasteiger partial charge in [0.15, 0.2) is 23.6 Å². The Bertz CT molecular complexity index is 644. The van der Waals surface area contributed by atoms with E-state index in [0.29, 0.717) is 11.8 Å². The molecule has 106 valence electrons. The average Bonchev–Trinajstić information content (AvgIpc) is 2.80. The highest BCUT2D eigenvalue weighted by Crippen LogP contribution is 2.33. The number of halogens is 4. The van der Waals surface area contributed by atoms with E-state index in [1.807, 2.05) is 0 Å². The molecule has 0 bridgehead atoms. The van der Waals surface area contributed by atoms with Crippen molar-refractivity contribution in [3.05, 3.63) is 41.4 Å². The largest absolute Gasteiger partial charge is 0.573 e. The fourth-order valence-electron chi connectivity index (χ4n) is 1.68. The molecule has 1 heterocycles. The van der Waals surface area contributed by atoms with Gasteiger partial charge in [0.2, 0.25) is 0 Å². The average molecular weight is 288 g/mol. The van der Waals surface area contributed by atoms with Crippen LogP contribution in [0.1, 0.15) is 16.1 Å². The molecule has 1 aromatic heterocycles. The zero-order valence-corrected chi connectivity index (χ0v) is 10.1. The van der Waals surface area contributed by atoms with Gasteiger partial charge >= 0.3 is 6.36 Å². The SMILES string of the molecule is Cc1cc(OC(F)(F)F)c(F)cc1-c1ccc(C=O)o1. The van der Waals surface area contributed by atoms with E-state index in [-0.39, 0.29) is 17.1 Å². The third kappa shape index (κ3) is 2.98. The minimum absolute atomic E-state index is 0.0374. The number of carbonyl (C=O) groups excluding carboxylic acids is 1. The smallest absolute Gasteiger partial charge is 0.453 e. The van der Waals surface area contributed by atoms with E-state index in [9.17, 15) is 22.4 Å². The third-order valence-corrected chi connectivity index (χ3v) is 2.51. The van der Waals surface area contributed by atoms with Crippen molar-refractivity contribution in [2.45, 2.75) is 13.3 Å². The molecule has 20 heavy (non-hydrogen) atoms. The number of ether oxygens (including phenoxy) is 1. The molecule has 0 aliphatic heterocycles. The van der Waals surface area contributed by atoms with Gasteiger partial charge in [-0.2, -0.15) is 0 Å². The second kappa shape index (κ2) is 4.99. The predicted octanol–water partition coefficient (Wildman–Crippen LogP) is 4.11. The minimum Gasteiger partial charge on any atom is -0.453 e. The Morgan fingerprint density at radius 2 is 1.95 bits per heavy atom. The van der Waals surface area contributed by atoms with Gasteiger partial charge in [0.25, 0.3) is 0 Å². The monoisotopic (exact) mass is 288 g/mol. The van der Waals surface area contributed by atoms with Crippen molar-refractivity contribution in [1.29, 1.82) is 0 Å². The predicted molar refractivity (Wildman–Crippen MR) is 60.9 cm³/mol. The number of alkyl halides is 3. The minimum atomic E-state index is -4.97. The number of hydrogen-bond acceptors (Lipinski definition) is 3. The molecular weight excluding hydrogens is 280 g/mol. The van der Waals surface area contributed by atoms with Gasteiger partial charge in [-0.25, -0.2) is 4.39 Å². The molecular formula is C13H8F4O3. The summed E-state index contributed by atoms with van der Waals surface area (Å²) in [6.07, 6.45) is -4.50. The molecule has 0 saturated carbocycles. The van der Waals surface area contributed by atoms with Crippen LogP contribution in [0.4, 0.5) is 17.6 Å². The zero-order valence-electron chi connectivity index (χ0n) is 10.1. The van der Waals surface area contributed by atoms with Crippen LogP contribution in [0.2, 0.25) is 0 Å². The maximum absolute atomic E-state index is 13.6. The highest BCUT2D eigenvalue weighted by atomic mass is 19.4. The number of aldehydes is 1. The third-order valence-electron chi connectivity index (χ3n) is 2.51. The van der Waals surface area contributed by atoms with E-state index < -0.39 is 17.9 Å². The van der Waals surface area contributed by atoms with Gasteiger partial charge in [-0.1, -0.05) is 0 Å². The van der Waals surface area contributed by atoms with Crippen LogP contribution in [-0.2, 0) is 0 Å². The Morgan fingerprint density at radius 3 is 2.50 bits per heavy atom. The fraction of sp³-hybridized carbons (Fsp3) is 0.154. The van der Waals surface area contributed by atoms with Crippen LogP contribution >= 0.6 is 0 Å².